The Morgan fingerprint density at radius 2 is 2.00 bits per heavy atom. The highest BCUT2D eigenvalue weighted by molar-refractivity contribution is 6.30. The number of nitrogens with one attached hydrogen (secondary N) is 1. The van der Waals surface area contributed by atoms with Gasteiger partial charge in [0.2, 0.25) is 0 Å². The molecule has 3 rings (SSSR count). The molecule has 1 aromatic heterocycles. The number of nitrogens with zero attached hydrogens (tertiary/aromatic N) is 1. The van der Waals surface area contributed by atoms with Crippen LogP contribution in [0.1, 0.15) is 5.82 Å². The summed E-state index contributed by atoms with van der Waals surface area (Å²) in [5.41, 5.74) is 1.96. The molecule has 0 fully saturated rings. The van der Waals surface area contributed by atoms with Crippen molar-refractivity contribution in [2.45, 2.75) is 6.61 Å². The van der Waals surface area contributed by atoms with E-state index in [1.165, 1.54) is 0 Å². The predicted molar refractivity (Wildman–Crippen MR) is 71.9 cm³/mol. The van der Waals surface area contributed by atoms with Gasteiger partial charge in [-0.1, -0.05) is 29.8 Å². The Morgan fingerprint density at radius 3 is 2.83 bits per heavy atom. The molecule has 0 spiro atoms. The third-order valence-corrected chi connectivity index (χ3v) is 2.85. The number of halogens is 1. The topological polar surface area (TPSA) is 37.9 Å². The lowest BCUT2D eigenvalue weighted by Crippen LogP contribution is -1.97. The molecular weight excluding hydrogens is 248 g/mol. The van der Waals surface area contributed by atoms with E-state index in [9.17, 15) is 0 Å². The number of aromatic amines is 1. The zero-order valence-corrected chi connectivity index (χ0v) is 10.3. The summed E-state index contributed by atoms with van der Waals surface area (Å²) in [6, 6.07) is 15.2. The largest absolute Gasteiger partial charge is 0.486 e. The number of benzene rings is 2. The van der Waals surface area contributed by atoms with E-state index in [0.29, 0.717) is 11.6 Å². The Morgan fingerprint density at radius 1 is 1.11 bits per heavy atom. The summed E-state index contributed by atoms with van der Waals surface area (Å²) in [5.74, 6) is 1.54. The molecule has 0 aliphatic carbocycles. The van der Waals surface area contributed by atoms with Gasteiger partial charge in [0, 0.05) is 5.02 Å². The monoisotopic (exact) mass is 258 g/mol. The van der Waals surface area contributed by atoms with E-state index in [-0.39, 0.29) is 0 Å². The molecule has 18 heavy (non-hydrogen) atoms. The third kappa shape index (κ3) is 2.31. The minimum atomic E-state index is 0.398. The van der Waals surface area contributed by atoms with Crippen molar-refractivity contribution in [3.8, 4) is 5.75 Å². The van der Waals surface area contributed by atoms with Crippen molar-refractivity contribution in [1.29, 1.82) is 0 Å². The van der Waals surface area contributed by atoms with Crippen LogP contribution in [-0.4, -0.2) is 9.97 Å². The van der Waals surface area contributed by atoms with E-state index in [1.54, 1.807) is 6.07 Å². The van der Waals surface area contributed by atoms with Crippen molar-refractivity contribution in [2.75, 3.05) is 0 Å². The minimum absolute atomic E-state index is 0.398. The van der Waals surface area contributed by atoms with Crippen molar-refractivity contribution < 1.29 is 4.74 Å². The Bertz CT molecular complexity index is 645. The molecule has 1 N–H and O–H groups in total. The van der Waals surface area contributed by atoms with Crippen LogP contribution in [0.25, 0.3) is 11.0 Å². The van der Waals surface area contributed by atoms with Gasteiger partial charge in [-0.25, -0.2) is 4.98 Å². The molecule has 0 bridgehead atoms. The van der Waals surface area contributed by atoms with Gasteiger partial charge in [-0.2, -0.15) is 0 Å². The zero-order valence-electron chi connectivity index (χ0n) is 9.56. The van der Waals surface area contributed by atoms with Crippen LogP contribution < -0.4 is 4.74 Å². The number of fused-ring (bicyclic) bond motifs is 1. The fourth-order valence-corrected chi connectivity index (χ4v) is 1.96. The number of hydrogen-bond acceptors (Lipinski definition) is 2. The van der Waals surface area contributed by atoms with Crippen LogP contribution in [0, 0.1) is 0 Å². The molecule has 0 aliphatic heterocycles. The molecule has 0 saturated heterocycles. The second-order valence-electron chi connectivity index (χ2n) is 3.95. The van der Waals surface area contributed by atoms with Crippen LogP contribution in [0.5, 0.6) is 5.75 Å². The Balaban J connectivity index is 1.76. The van der Waals surface area contributed by atoms with Crippen LogP contribution in [0.2, 0.25) is 5.02 Å². The number of hydrogen-bond donors (Lipinski definition) is 1. The first-order chi connectivity index (χ1) is 8.81. The van der Waals surface area contributed by atoms with Crippen LogP contribution in [0.3, 0.4) is 0 Å². The average molecular weight is 259 g/mol. The number of rotatable bonds is 3. The lowest BCUT2D eigenvalue weighted by Gasteiger charge is -2.03. The molecular formula is C14H11ClN2O. The third-order valence-electron chi connectivity index (χ3n) is 2.61. The van der Waals surface area contributed by atoms with Gasteiger partial charge in [0.15, 0.2) is 0 Å². The Kier molecular flexibility index (Phi) is 2.90. The van der Waals surface area contributed by atoms with Crippen molar-refractivity contribution in [2.24, 2.45) is 0 Å². The fraction of sp³-hybridized carbons (Fsp3) is 0.0714. The highest BCUT2D eigenvalue weighted by Gasteiger charge is 2.02. The van der Waals surface area contributed by atoms with Crippen molar-refractivity contribution in [3.63, 3.8) is 0 Å². The van der Waals surface area contributed by atoms with Crippen molar-refractivity contribution in [3.05, 3.63) is 59.4 Å². The molecule has 2 aromatic carbocycles. The quantitative estimate of drug-likeness (QED) is 0.776. The van der Waals surface area contributed by atoms with Crippen molar-refractivity contribution >= 4 is 22.6 Å². The number of H-pyrrole nitrogens is 1. The van der Waals surface area contributed by atoms with Gasteiger partial charge in [0.05, 0.1) is 11.0 Å². The van der Waals surface area contributed by atoms with E-state index in [0.717, 1.165) is 22.6 Å². The Labute approximate surface area is 109 Å². The summed E-state index contributed by atoms with van der Waals surface area (Å²) in [6.07, 6.45) is 0. The maximum absolute atomic E-state index is 5.89. The molecule has 0 amide bonds. The van der Waals surface area contributed by atoms with Crippen LogP contribution in [0.4, 0.5) is 0 Å². The second-order valence-corrected chi connectivity index (χ2v) is 4.38. The second kappa shape index (κ2) is 4.70. The molecule has 0 atom stereocenters. The zero-order chi connectivity index (χ0) is 12.4. The lowest BCUT2D eigenvalue weighted by molar-refractivity contribution is 0.297. The minimum Gasteiger partial charge on any atom is -0.486 e. The number of imidazole rings is 1. The van der Waals surface area contributed by atoms with Gasteiger partial charge in [0.25, 0.3) is 0 Å². The van der Waals surface area contributed by atoms with Gasteiger partial charge in [-0.3, -0.25) is 0 Å². The maximum atomic E-state index is 5.89. The lowest BCUT2D eigenvalue weighted by atomic mass is 10.3. The molecule has 4 heteroatoms. The van der Waals surface area contributed by atoms with Gasteiger partial charge in [0.1, 0.15) is 18.2 Å². The van der Waals surface area contributed by atoms with Gasteiger partial charge >= 0.3 is 0 Å². The van der Waals surface area contributed by atoms with Crippen LogP contribution >= 0.6 is 11.6 Å². The van der Waals surface area contributed by atoms with Crippen molar-refractivity contribution in [1.82, 2.24) is 9.97 Å². The number of ether oxygens (including phenoxy) is 1. The summed E-state index contributed by atoms with van der Waals surface area (Å²) < 4.78 is 5.62. The first-order valence-corrected chi connectivity index (χ1v) is 6.01. The van der Waals surface area contributed by atoms with Gasteiger partial charge in [-0.05, 0) is 30.3 Å². The van der Waals surface area contributed by atoms with E-state index in [1.807, 2.05) is 42.5 Å². The summed E-state index contributed by atoms with van der Waals surface area (Å²) in [6.45, 7) is 0.398. The number of para-hydroxylation sites is 2. The smallest absolute Gasteiger partial charge is 0.146 e. The predicted octanol–water partition coefficient (Wildman–Crippen LogP) is 3.80. The standard InChI is InChI=1S/C14H11ClN2O/c15-10-4-3-5-11(8-10)18-9-14-16-12-6-1-2-7-13(12)17-14/h1-8H,9H2,(H,16,17). The molecule has 0 radical (unpaired) electrons. The van der Waals surface area contributed by atoms with Gasteiger partial charge < -0.3 is 9.72 Å². The summed E-state index contributed by atoms with van der Waals surface area (Å²) in [4.78, 5) is 7.65. The number of aromatic nitrogens is 2. The van der Waals surface area contributed by atoms with E-state index in [2.05, 4.69) is 9.97 Å². The van der Waals surface area contributed by atoms with E-state index in [4.69, 9.17) is 16.3 Å². The normalized spacial score (nSPS) is 10.7. The first-order valence-electron chi connectivity index (χ1n) is 5.63. The molecule has 0 aliphatic rings. The SMILES string of the molecule is Clc1cccc(OCc2nc3ccccc3[nH]2)c1. The molecule has 0 unspecified atom stereocenters. The summed E-state index contributed by atoms with van der Waals surface area (Å²) in [7, 11) is 0. The van der Waals surface area contributed by atoms with E-state index >= 15 is 0 Å². The maximum Gasteiger partial charge on any atom is 0.146 e. The van der Waals surface area contributed by atoms with Gasteiger partial charge in [-0.15, -0.1) is 0 Å². The average Bonchev–Trinajstić information content (AvgIpc) is 2.79. The van der Waals surface area contributed by atoms with Crippen LogP contribution in [-0.2, 0) is 6.61 Å². The molecule has 90 valence electrons. The Hall–Kier alpha value is -2.00. The van der Waals surface area contributed by atoms with E-state index < -0.39 is 0 Å². The summed E-state index contributed by atoms with van der Waals surface area (Å²) >= 11 is 5.89. The molecule has 3 nitrogen and oxygen atoms in total. The fourth-order valence-electron chi connectivity index (χ4n) is 1.78. The molecule has 1 heterocycles. The highest BCUT2D eigenvalue weighted by Crippen LogP contribution is 2.18. The summed E-state index contributed by atoms with van der Waals surface area (Å²) in [5, 5.41) is 0.664. The molecule has 0 saturated carbocycles. The molecule has 3 aromatic rings. The highest BCUT2D eigenvalue weighted by atomic mass is 35.5. The van der Waals surface area contributed by atoms with Crippen LogP contribution in [0.15, 0.2) is 48.5 Å². The first kappa shape index (κ1) is 11.1.